The number of hydrogen-bond donors (Lipinski definition) is 1. The average Bonchev–Trinajstić information content (AvgIpc) is 2.56. The molecule has 0 spiro atoms. The number of halogens is 1. The summed E-state index contributed by atoms with van der Waals surface area (Å²) in [5.74, 6) is 0.685. The first-order valence-corrected chi connectivity index (χ1v) is 6.96. The van der Waals surface area contributed by atoms with Gasteiger partial charge in [-0.3, -0.25) is 9.78 Å². The first-order valence-electron chi connectivity index (χ1n) is 5.88. The molecule has 1 N–H and O–H groups in total. The molecule has 1 aromatic heterocycles. The highest BCUT2D eigenvalue weighted by Crippen LogP contribution is 2.27. The lowest BCUT2D eigenvalue weighted by atomic mass is 9.89. The largest absolute Gasteiger partial charge is 0.307 e. The van der Waals surface area contributed by atoms with E-state index in [0.29, 0.717) is 5.84 Å². The van der Waals surface area contributed by atoms with Crippen LogP contribution < -0.4 is 5.32 Å². The number of carbonyl (C=O) groups excluding carboxylic acids is 1. The van der Waals surface area contributed by atoms with Crippen LogP contribution in [-0.2, 0) is 4.79 Å². The second kappa shape index (κ2) is 4.60. The molecule has 1 aliphatic heterocycles. The van der Waals surface area contributed by atoms with Crippen LogP contribution in [0.3, 0.4) is 0 Å². The lowest BCUT2D eigenvalue weighted by molar-refractivity contribution is -0.124. The van der Waals surface area contributed by atoms with Crippen LogP contribution in [-0.4, -0.2) is 22.3 Å². The van der Waals surface area contributed by atoms with Crippen molar-refractivity contribution in [3.8, 4) is 0 Å². The van der Waals surface area contributed by atoms with Crippen molar-refractivity contribution in [2.45, 2.75) is 33.2 Å². The summed E-state index contributed by atoms with van der Waals surface area (Å²) >= 11 is 2.22. The Morgan fingerprint density at radius 2 is 2.11 bits per heavy atom. The van der Waals surface area contributed by atoms with Crippen LogP contribution in [0.1, 0.15) is 32.0 Å². The van der Waals surface area contributed by atoms with Crippen molar-refractivity contribution in [2.75, 3.05) is 0 Å². The predicted octanol–water partition coefficient (Wildman–Crippen LogP) is 2.29. The van der Waals surface area contributed by atoms with Crippen LogP contribution in [0.15, 0.2) is 17.3 Å². The molecule has 0 aromatic carbocycles. The molecule has 4 nitrogen and oxygen atoms in total. The summed E-state index contributed by atoms with van der Waals surface area (Å²) in [6.45, 7) is 7.85. The van der Waals surface area contributed by atoms with Gasteiger partial charge in [0.2, 0.25) is 0 Å². The molecular formula is C13H16IN3O. The van der Waals surface area contributed by atoms with Gasteiger partial charge in [0.15, 0.2) is 5.84 Å². The molecule has 5 heteroatoms. The number of amidine groups is 1. The number of aromatic nitrogens is 1. The molecule has 18 heavy (non-hydrogen) atoms. The summed E-state index contributed by atoms with van der Waals surface area (Å²) in [7, 11) is 0. The van der Waals surface area contributed by atoms with Gasteiger partial charge >= 0.3 is 0 Å². The van der Waals surface area contributed by atoms with E-state index in [1.54, 1.807) is 6.20 Å². The molecule has 0 saturated heterocycles. The maximum Gasteiger partial charge on any atom is 0.253 e. The van der Waals surface area contributed by atoms with Crippen LogP contribution in [0.25, 0.3) is 0 Å². The summed E-state index contributed by atoms with van der Waals surface area (Å²) in [5.41, 5.74) is 1.16. The van der Waals surface area contributed by atoms with Gasteiger partial charge in [-0.2, -0.15) is 0 Å². The maximum atomic E-state index is 12.0. The Bertz CT molecular complexity index is 539. The Balaban J connectivity index is 2.45. The molecule has 0 radical (unpaired) electrons. The van der Waals surface area contributed by atoms with Crippen molar-refractivity contribution in [1.82, 2.24) is 10.3 Å². The standard InChI is InChI=1S/C13H16IN3O/c1-7(2)13(4)12(18)16-11(17-13)10-9(14)5-8(3)6-15-10/h5-7H,1-4H3,(H,16,17,18). The smallest absolute Gasteiger partial charge is 0.253 e. The van der Waals surface area contributed by atoms with Gasteiger partial charge < -0.3 is 5.32 Å². The van der Waals surface area contributed by atoms with Gasteiger partial charge in [0.05, 0.1) is 0 Å². The third-order valence-corrected chi connectivity index (χ3v) is 4.18. The Hall–Kier alpha value is -0.980. The van der Waals surface area contributed by atoms with Crippen LogP contribution in [0.5, 0.6) is 0 Å². The monoisotopic (exact) mass is 357 g/mol. The van der Waals surface area contributed by atoms with Crippen LogP contribution in [0, 0.1) is 16.4 Å². The number of nitrogens with zero attached hydrogens (tertiary/aromatic N) is 2. The zero-order valence-corrected chi connectivity index (χ0v) is 13.1. The first kappa shape index (κ1) is 13.5. The van der Waals surface area contributed by atoms with Crippen LogP contribution >= 0.6 is 22.6 Å². The number of carbonyl (C=O) groups is 1. The Kier molecular flexibility index (Phi) is 3.44. The normalized spacial score (nSPS) is 23.2. The van der Waals surface area contributed by atoms with E-state index in [1.807, 2.05) is 33.8 Å². The molecule has 0 aliphatic carbocycles. The Labute approximate surface area is 120 Å². The lowest BCUT2D eigenvalue weighted by Gasteiger charge is -2.21. The van der Waals surface area contributed by atoms with Gasteiger partial charge in [-0.15, -0.1) is 0 Å². The topological polar surface area (TPSA) is 54.4 Å². The van der Waals surface area contributed by atoms with Gasteiger partial charge in [-0.25, -0.2) is 4.99 Å². The van der Waals surface area contributed by atoms with E-state index >= 15 is 0 Å². The summed E-state index contributed by atoms with van der Waals surface area (Å²) in [6.07, 6.45) is 1.79. The minimum absolute atomic E-state index is 0.0503. The highest BCUT2D eigenvalue weighted by Gasteiger charge is 2.42. The molecule has 0 bridgehead atoms. The quantitative estimate of drug-likeness (QED) is 0.826. The average molecular weight is 357 g/mol. The van der Waals surface area contributed by atoms with Crippen molar-refractivity contribution in [1.29, 1.82) is 0 Å². The molecule has 96 valence electrons. The van der Waals surface area contributed by atoms with Gasteiger partial charge in [-0.1, -0.05) is 13.8 Å². The van der Waals surface area contributed by atoms with Crippen molar-refractivity contribution < 1.29 is 4.79 Å². The van der Waals surface area contributed by atoms with E-state index in [2.05, 4.69) is 37.9 Å². The molecular weight excluding hydrogens is 341 g/mol. The van der Waals surface area contributed by atoms with E-state index in [-0.39, 0.29) is 11.8 Å². The fourth-order valence-corrected chi connectivity index (χ4v) is 2.64. The number of aryl methyl sites for hydroxylation is 1. The molecule has 1 atom stereocenters. The third kappa shape index (κ3) is 2.15. The maximum absolute atomic E-state index is 12.0. The van der Waals surface area contributed by atoms with E-state index in [1.165, 1.54) is 0 Å². The number of pyridine rings is 1. The highest BCUT2D eigenvalue weighted by molar-refractivity contribution is 14.1. The Morgan fingerprint density at radius 1 is 1.44 bits per heavy atom. The first-order chi connectivity index (χ1) is 8.34. The van der Waals surface area contributed by atoms with E-state index < -0.39 is 5.54 Å². The zero-order valence-electron chi connectivity index (χ0n) is 10.9. The van der Waals surface area contributed by atoms with E-state index in [9.17, 15) is 4.79 Å². The second-order valence-corrected chi connectivity index (χ2v) is 6.22. The summed E-state index contributed by atoms with van der Waals surface area (Å²) in [4.78, 5) is 21.0. The van der Waals surface area contributed by atoms with Gasteiger partial charge in [0.25, 0.3) is 5.91 Å². The van der Waals surface area contributed by atoms with Crippen LogP contribution in [0.2, 0.25) is 0 Å². The van der Waals surface area contributed by atoms with Gasteiger partial charge in [0, 0.05) is 9.77 Å². The Morgan fingerprint density at radius 3 is 2.61 bits per heavy atom. The van der Waals surface area contributed by atoms with Gasteiger partial charge in [0.1, 0.15) is 11.2 Å². The fraction of sp³-hybridized carbons (Fsp3) is 0.462. The number of aliphatic imine (C=N–C) groups is 1. The number of amides is 1. The SMILES string of the molecule is Cc1cnc(C2=NC(C)(C(C)C)C(=O)N2)c(I)c1. The predicted molar refractivity (Wildman–Crippen MR) is 79.6 cm³/mol. The number of rotatable bonds is 2. The summed E-state index contributed by atoms with van der Waals surface area (Å²) in [5, 5.41) is 2.85. The second-order valence-electron chi connectivity index (χ2n) is 5.06. The number of nitrogens with one attached hydrogen (secondary N) is 1. The molecule has 1 aliphatic rings. The van der Waals surface area contributed by atoms with E-state index in [0.717, 1.165) is 14.8 Å². The molecule has 1 amide bonds. The van der Waals surface area contributed by atoms with Crippen molar-refractivity contribution in [3.05, 3.63) is 27.1 Å². The molecule has 1 unspecified atom stereocenters. The third-order valence-electron chi connectivity index (χ3n) is 3.36. The molecule has 2 heterocycles. The molecule has 0 saturated carbocycles. The highest BCUT2D eigenvalue weighted by atomic mass is 127. The minimum Gasteiger partial charge on any atom is -0.307 e. The zero-order chi connectivity index (χ0) is 13.5. The molecule has 1 aromatic rings. The summed E-state index contributed by atoms with van der Waals surface area (Å²) in [6, 6.07) is 2.03. The van der Waals surface area contributed by atoms with Crippen LogP contribution in [0.4, 0.5) is 0 Å². The summed E-state index contributed by atoms with van der Waals surface area (Å²) < 4.78 is 1.000. The van der Waals surface area contributed by atoms with Crippen molar-refractivity contribution in [2.24, 2.45) is 10.9 Å². The molecule has 2 rings (SSSR count). The fourth-order valence-electron chi connectivity index (χ4n) is 1.76. The molecule has 0 fully saturated rings. The van der Waals surface area contributed by atoms with Crippen molar-refractivity contribution >= 4 is 34.3 Å². The lowest BCUT2D eigenvalue weighted by Crippen LogP contribution is -2.41. The van der Waals surface area contributed by atoms with Crippen molar-refractivity contribution in [3.63, 3.8) is 0 Å². The van der Waals surface area contributed by atoms with Gasteiger partial charge in [-0.05, 0) is 54.0 Å². The number of hydrogen-bond acceptors (Lipinski definition) is 3. The van der Waals surface area contributed by atoms with E-state index in [4.69, 9.17) is 0 Å². The minimum atomic E-state index is -0.690.